The zero-order valence-corrected chi connectivity index (χ0v) is 32.8. The van der Waals surface area contributed by atoms with E-state index in [1.165, 1.54) is 6.07 Å². The smallest absolute Gasteiger partial charge is 0.419 e. The van der Waals surface area contributed by atoms with Crippen molar-refractivity contribution in [2.24, 2.45) is 0 Å². The number of fused-ring (bicyclic) bond motifs is 2. The van der Waals surface area contributed by atoms with Crippen LogP contribution in [0, 0.1) is 0 Å². The standard InChI is InChI=1S/C43H48N4O7Si/c1-43(2,3)55(4,5)54-38(32-17-20-36(48)40-33(32)18-21-39(49)46-40)27-44-23-22-29-15-19-35-37(26-29)53-42(52)47(35)24-10-9-11-28-14-16-31(30-12-7-6-8-13-30)34(25-28)45-41(50)51/h6-9,11-21,25-26,38,44-45,48H,10,22-24,27H2,1-5H3,(H,46,49)(H,50,51)/b11-9+. The Hall–Kier alpha value is -5.69. The Morgan fingerprint density at radius 1 is 1.00 bits per heavy atom. The average Bonchev–Trinajstić information content (AvgIpc) is 3.45. The number of aromatic hydroxyl groups is 1. The van der Waals surface area contributed by atoms with Gasteiger partial charge in [-0.05, 0) is 90.1 Å². The van der Waals surface area contributed by atoms with E-state index in [0.29, 0.717) is 49.3 Å². The summed E-state index contributed by atoms with van der Waals surface area (Å²) in [6.45, 7) is 12.6. The minimum Gasteiger partial charge on any atom is -0.506 e. The lowest BCUT2D eigenvalue weighted by atomic mass is 10.0. The normalized spacial score (nSPS) is 12.8. The molecule has 2 aromatic heterocycles. The molecule has 12 heteroatoms. The highest BCUT2D eigenvalue weighted by atomic mass is 28.4. The number of carbonyl (C=O) groups is 1. The number of carboxylic acid groups (broad SMARTS) is 1. The van der Waals surface area contributed by atoms with E-state index in [0.717, 1.165) is 38.7 Å². The molecule has 1 unspecified atom stereocenters. The monoisotopic (exact) mass is 760 g/mol. The number of phenols is 1. The van der Waals surface area contributed by atoms with E-state index in [1.54, 1.807) is 22.8 Å². The van der Waals surface area contributed by atoms with Gasteiger partial charge in [-0.25, -0.2) is 9.59 Å². The Balaban J connectivity index is 1.10. The van der Waals surface area contributed by atoms with Crippen molar-refractivity contribution >= 4 is 48.2 Å². The second-order valence-corrected chi connectivity index (χ2v) is 20.0. The van der Waals surface area contributed by atoms with Gasteiger partial charge in [0.05, 0.1) is 22.8 Å². The van der Waals surface area contributed by atoms with Crippen molar-refractivity contribution in [3.05, 3.63) is 135 Å². The first-order chi connectivity index (χ1) is 26.2. The predicted octanol–water partition coefficient (Wildman–Crippen LogP) is 8.90. The summed E-state index contributed by atoms with van der Waals surface area (Å²) >= 11 is 0. The van der Waals surface area contributed by atoms with Gasteiger partial charge in [0.2, 0.25) is 5.56 Å². The van der Waals surface area contributed by atoms with Crippen molar-refractivity contribution in [1.29, 1.82) is 0 Å². The van der Waals surface area contributed by atoms with E-state index in [-0.39, 0.29) is 22.5 Å². The van der Waals surface area contributed by atoms with Gasteiger partial charge < -0.3 is 29.4 Å². The van der Waals surface area contributed by atoms with Crippen LogP contribution in [0.3, 0.4) is 0 Å². The van der Waals surface area contributed by atoms with Gasteiger partial charge >= 0.3 is 11.8 Å². The van der Waals surface area contributed by atoms with Crippen molar-refractivity contribution in [2.45, 2.75) is 64.4 Å². The number of amides is 1. The molecule has 6 rings (SSSR count). The van der Waals surface area contributed by atoms with Crippen molar-refractivity contribution in [3.63, 3.8) is 0 Å². The number of phenolic OH excluding ortho intramolecular Hbond substituents is 1. The van der Waals surface area contributed by atoms with Crippen molar-refractivity contribution in [3.8, 4) is 16.9 Å². The number of H-pyrrole nitrogens is 1. The quantitative estimate of drug-likeness (QED) is 0.0544. The number of hydrogen-bond donors (Lipinski definition) is 5. The summed E-state index contributed by atoms with van der Waals surface area (Å²) in [6, 6.07) is 27.7. The number of aryl methyl sites for hydroxylation is 1. The third-order valence-electron chi connectivity index (χ3n) is 10.3. The first-order valence-electron chi connectivity index (χ1n) is 18.4. The number of nitrogens with one attached hydrogen (secondary N) is 3. The van der Waals surface area contributed by atoms with Gasteiger partial charge in [-0.15, -0.1) is 0 Å². The van der Waals surface area contributed by atoms with Crippen LogP contribution in [-0.4, -0.2) is 47.3 Å². The fourth-order valence-corrected chi connectivity index (χ4v) is 7.68. The number of allylic oxidation sites excluding steroid dienone is 1. The molecular weight excluding hydrogens is 713 g/mol. The summed E-state index contributed by atoms with van der Waals surface area (Å²) in [5, 5.41) is 26.7. The summed E-state index contributed by atoms with van der Waals surface area (Å²) in [5.74, 6) is -0.412. The van der Waals surface area contributed by atoms with Gasteiger partial charge in [0.25, 0.3) is 0 Å². The molecule has 4 aromatic carbocycles. The van der Waals surface area contributed by atoms with E-state index < -0.39 is 20.2 Å². The fraction of sp³-hybridized carbons (Fsp3) is 0.279. The van der Waals surface area contributed by atoms with E-state index in [2.05, 4.69) is 49.5 Å². The maximum absolute atomic E-state index is 12.9. The van der Waals surface area contributed by atoms with Crippen LogP contribution in [0.2, 0.25) is 18.1 Å². The molecule has 0 aliphatic heterocycles. The molecule has 0 bridgehead atoms. The molecule has 0 spiro atoms. The van der Waals surface area contributed by atoms with Crippen LogP contribution in [-0.2, 0) is 17.4 Å². The molecule has 1 amide bonds. The highest BCUT2D eigenvalue weighted by molar-refractivity contribution is 6.74. The lowest BCUT2D eigenvalue weighted by Gasteiger charge is -2.39. The van der Waals surface area contributed by atoms with Crippen molar-refractivity contribution < 1.29 is 23.9 Å². The Labute approximate surface area is 320 Å². The molecule has 0 fully saturated rings. The minimum atomic E-state index is -2.22. The molecule has 0 radical (unpaired) electrons. The molecule has 0 aliphatic carbocycles. The maximum Gasteiger partial charge on any atom is 0.419 e. The molecule has 0 saturated carbocycles. The topological polar surface area (TPSA) is 159 Å². The zero-order chi connectivity index (χ0) is 39.3. The highest BCUT2D eigenvalue weighted by Gasteiger charge is 2.39. The summed E-state index contributed by atoms with van der Waals surface area (Å²) in [7, 11) is -2.22. The first-order valence-corrected chi connectivity index (χ1v) is 21.3. The van der Waals surface area contributed by atoms with Crippen LogP contribution in [0.1, 0.15) is 50.0 Å². The molecule has 0 aliphatic rings. The minimum absolute atomic E-state index is 0.0126. The van der Waals surface area contributed by atoms with Crippen molar-refractivity contribution in [2.75, 3.05) is 18.4 Å². The van der Waals surface area contributed by atoms with E-state index in [4.69, 9.17) is 8.84 Å². The lowest BCUT2D eigenvalue weighted by molar-refractivity contribution is 0.182. The number of pyridine rings is 1. The molecular formula is C43H48N4O7Si. The summed E-state index contributed by atoms with van der Waals surface area (Å²) in [4.78, 5) is 39.2. The lowest BCUT2D eigenvalue weighted by Crippen LogP contribution is -2.43. The summed E-state index contributed by atoms with van der Waals surface area (Å²) in [6.07, 6.45) is 3.65. The number of nitrogens with zero attached hydrogens (tertiary/aromatic N) is 1. The van der Waals surface area contributed by atoms with Gasteiger partial charge in [-0.2, -0.15) is 0 Å². The number of rotatable bonds is 14. The van der Waals surface area contributed by atoms with Crippen LogP contribution in [0.15, 0.2) is 111 Å². The predicted molar refractivity (Wildman–Crippen MR) is 221 cm³/mol. The maximum atomic E-state index is 12.9. The number of aromatic nitrogens is 2. The van der Waals surface area contributed by atoms with Gasteiger partial charge in [-0.3, -0.25) is 14.7 Å². The number of anilines is 1. The van der Waals surface area contributed by atoms with Gasteiger partial charge in [0.1, 0.15) is 5.75 Å². The second-order valence-electron chi connectivity index (χ2n) is 15.2. The molecule has 55 heavy (non-hydrogen) atoms. The fourth-order valence-electron chi connectivity index (χ4n) is 6.41. The van der Waals surface area contributed by atoms with Gasteiger partial charge in [0.15, 0.2) is 13.9 Å². The molecule has 5 N–H and O–H groups in total. The molecule has 6 aromatic rings. The van der Waals surface area contributed by atoms with E-state index >= 15 is 0 Å². The van der Waals surface area contributed by atoms with Crippen LogP contribution in [0.5, 0.6) is 5.75 Å². The molecule has 11 nitrogen and oxygen atoms in total. The Morgan fingerprint density at radius 2 is 1.78 bits per heavy atom. The zero-order valence-electron chi connectivity index (χ0n) is 31.8. The van der Waals surface area contributed by atoms with Gasteiger partial charge in [-0.1, -0.05) is 87.5 Å². The van der Waals surface area contributed by atoms with Crippen LogP contribution in [0.4, 0.5) is 10.5 Å². The Kier molecular flexibility index (Phi) is 11.6. The second kappa shape index (κ2) is 16.4. The summed E-state index contributed by atoms with van der Waals surface area (Å²) < 4.78 is 14.2. The van der Waals surface area contributed by atoms with Crippen molar-refractivity contribution in [1.82, 2.24) is 14.9 Å². The van der Waals surface area contributed by atoms with Crippen LogP contribution < -0.4 is 21.9 Å². The van der Waals surface area contributed by atoms with Gasteiger partial charge in [0, 0.05) is 30.1 Å². The molecule has 286 valence electrons. The van der Waals surface area contributed by atoms with Crippen LogP contribution in [0.25, 0.3) is 39.2 Å². The number of oxazole rings is 1. The number of aromatic amines is 1. The number of hydrogen-bond acceptors (Lipinski definition) is 7. The molecule has 2 heterocycles. The van der Waals surface area contributed by atoms with Crippen LogP contribution >= 0.6 is 0 Å². The third-order valence-corrected chi connectivity index (χ3v) is 14.8. The Morgan fingerprint density at radius 3 is 2.53 bits per heavy atom. The van der Waals surface area contributed by atoms with E-state index in [1.807, 2.05) is 78.9 Å². The highest BCUT2D eigenvalue weighted by Crippen LogP contribution is 2.41. The Bertz CT molecular complexity index is 2460. The SMILES string of the molecule is CC(C)(C)[Si](C)(C)OC(CNCCc1ccc2c(c1)oc(=O)n2CC/C=C/c1ccc(-c2ccccc2)c(NC(=O)O)c1)c1ccc(O)c2[nH]c(=O)ccc12. The first kappa shape index (κ1) is 39.0. The molecule has 0 saturated heterocycles. The van der Waals surface area contributed by atoms with E-state index in [9.17, 15) is 24.6 Å². The third kappa shape index (κ3) is 9.17. The average molecular weight is 761 g/mol. The largest absolute Gasteiger partial charge is 0.506 e. The number of benzene rings is 4. The molecule has 1 atom stereocenters. The summed E-state index contributed by atoms with van der Waals surface area (Å²) in [5.41, 5.74) is 6.27.